The molecule has 0 saturated heterocycles. The first kappa shape index (κ1) is 8.96. The van der Waals surface area contributed by atoms with Crippen LogP contribution in [0, 0.1) is 11.3 Å². The van der Waals surface area contributed by atoms with Gasteiger partial charge in [-0.05, 0) is 36.8 Å². The standard InChI is InChI=1S/C13H14O2/c14-8-13(11-5-6-11)7-10-3-1-2-4-12(10)15-9-13/h1-4,8,11H,5-7,9H2. The van der Waals surface area contributed by atoms with Crippen molar-refractivity contribution in [2.75, 3.05) is 6.61 Å². The molecule has 2 aliphatic rings. The zero-order valence-electron chi connectivity index (χ0n) is 8.61. The second-order valence-corrected chi connectivity index (χ2v) is 4.70. The van der Waals surface area contributed by atoms with Gasteiger partial charge in [-0.25, -0.2) is 0 Å². The molecule has 0 amide bonds. The minimum atomic E-state index is -0.228. The van der Waals surface area contributed by atoms with E-state index in [0.717, 1.165) is 18.5 Å². The maximum atomic E-state index is 11.3. The average molecular weight is 202 g/mol. The molecule has 1 aromatic carbocycles. The predicted octanol–water partition coefficient (Wildman–Crippen LogP) is 2.22. The lowest BCUT2D eigenvalue weighted by atomic mass is 9.77. The molecule has 1 aliphatic heterocycles. The van der Waals surface area contributed by atoms with Crippen molar-refractivity contribution in [3.8, 4) is 5.75 Å². The number of para-hydroxylation sites is 1. The lowest BCUT2D eigenvalue weighted by Crippen LogP contribution is -2.38. The van der Waals surface area contributed by atoms with Crippen LogP contribution in [0.15, 0.2) is 24.3 Å². The Balaban J connectivity index is 1.96. The van der Waals surface area contributed by atoms with Crippen LogP contribution in [0.1, 0.15) is 18.4 Å². The molecule has 0 aromatic heterocycles. The van der Waals surface area contributed by atoms with Gasteiger partial charge < -0.3 is 9.53 Å². The molecule has 15 heavy (non-hydrogen) atoms. The minimum absolute atomic E-state index is 0.228. The van der Waals surface area contributed by atoms with Gasteiger partial charge in [0.1, 0.15) is 18.6 Å². The Kier molecular flexibility index (Phi) is 1.84. The van der Waals surface area contributed by atoms with Crippen molar-refractivity contribution >= 4 is 6.29 Å². The maximum Gasteiger partial charge on any atom is 0.130 e. The molecule has 0 N–H and O–H groups in total. The van der Waals surface area contributed by atoms with Crippen molar-refractivity contribution < 1.29 is 9.53 Å². The fourth-order valence-corrected chi connectivity index (χ4v) is 2.50. The topological polar surface area (TPSA) is 26.3 Å². The molecule has 3 rings (SSSR count). The van der Waals surface area contributed by atoms with E-state index in [2.05, 4.69) is 6.07 Å². The van der Waals surface area contributed by atoms with Gasteiger partial charge in [-0.1, -0.05) is 18.2 Å². The SMILES string of the molecule is O=CC1(C2CC2)COc2ccccc2C1. The third kappa shape index (κ3) is 1.36. The van der Waals surface area contributed by atoms with E-state index in [4.69, 9.17) is 4.74 Å². The van der Waals surface area contributed by atoms with Crippen molar-refractivity contribution in [2.24, 2.45) is 11.3 Å². The number of rotatable bonds is 2. The lowest BCUT2D eigenvalue weighted by molar-refractivity contribution is -0.119. The molecule has 1 saturated carbocycles. The Morgan fingerprint density at radius 2 is 2.13 bits per heavy atom. The van der Waals surface area contributed by atoms with E-state index < -0.39 is 0 Å². The van der Waals surface area contributed by atoms with E-state index in [-0.39, 0.29) is 5.41 Å². The molecule has 0 radical (unpaired) electrons. The lowest BCUT2D eigenvalue weighted by Gasteiger charge is -2.33. The molecule has 78 valence electrons. The van der Waals surface area contributed by atoms with Crippen molar-refractivity contribution in [2.45, 2.75) is 19.3 Å². The largest absolute Gasteiger partial charge is 0.492 e. The van der Waals surface area contributed by atoms with Gasteiger partial charge in [-0.3, -0.25) is 0 Å². The van der Waals surface area contributed by atoms with Crippen molar-refractivity contribution in [1.82, 2.24) is 0 Å². The third-order valence-corrected chi connectivity index (χ3v) is 3.61. The Morgan fingerprint density at radius 1 is 1.33 bits per heavy atom. The number of hydrogen-bond acceptors (Lipinski definition) is 2. The van der Waals surface area contributed by atoms with Crippen LogP contribution < -0.4 is 4.74 Å². The van der Waals surface area contributed by atoms with Gasteiger partial charge in [0.15, 0.2) is 0 Å². The highest BCUT2D eigenvalue weighted by molar-refractivity contribution is 5.63. The van der Waals surface area contributed by atoms with Crippen molar-refractivity contribution in [3.63, 3.8) is 0 Å². The van der Waals surface area contributed by atoms with Crippen LogP contribution in [0.4, 0.5) is 0 Å². The Labute approximate surface area is 89.2 Å². The minimum Gasteiger partial charge on any atom is -0.492 e. The van der Waals surface area contributed by atoms with Crippen molar-refractivity contribution in [3.05, 3.63) is 29.8 Å². The normalized spacial score (nSPS) is 29.1. The molecule has 1 unspecified atom stereocenters. The molecule has 2 heteroatoms. The summed E-state index contributed by atoms with van der Waals surface area (Å²) in [6.07, 6.45) is 4.35. The average Bonchev–Trinajstić information content (AvgIpc) is 3.12. The fraction of sp³-hybridized carbons (Fsp3) is 0.462. The van der Waals surface area contributed by atoms with Gasteiger partial charge in [-0.2, -0.15) is 0 Å². The van der Waals surface area contributed by atoms with Gasteiger partial charge in [0.05, 0.1) is 5.41 Å². The predicted molar refractivity (Wildman–Crippen MR) is 56.9 cm³/mol. The summed E-state index contributed by atoms with van der Waals surface area (Å²) in [5.74, 6) is 1.51. The zero-order valence-corrected chi connectivity index (χ0v) is 8.61. The number of aldehydes is 1. The van der Waals surface area contributed by atoms with E-state index in [9.17, 15) is 4.79 Å². The second kappa shape index (κ2) is 3.09. The number of ether oxygens (including phenoxy) is 1. The number of carbonyl (C=O) groups excluding carboxylic acids is 1. The molecule has 1 atom stereocenters. The van der Waals surface area contributed by atoms with E-state index in [1.54, 1.807) is 0 Å². The van der Waals surface area contributed by atoms with E-state index in [1.807, 2.05) is 18.2 Å². The van der Waals surface area contributed by atoms with Gasteiger partial charge in [0.2, 0.25) is 0 Å². The molecule has 0 bridgehead atoms. The highest BCUT2D eigenvalue weighted by Crippen LogP contribution is 2.49. The maximum absolute atomic E-state index is 11.3. The number of fused-ring (bicyclic) bond motifs is 1. The van der Waals surface area contributed by atoms with E-state index >= 15 is 0 Å². The number of carbonyl (C=O) groups is 1. The Hall–Kier alpha value is -1.31. The van der Waals surface area contributed by atoms with Gasteiger partial charge in [-0.15, -0.1) is 0 Å². The Morgan fingerprint density at radius 3 is 2.87 bits per heavy atom. The molecule has 1 fully saturated rings. The summed E-state index contributed by atoms with van der Waals surface area (Å²) in [5.41, 5.74) is 0.955. The first-order chi connectivity index (χ1) is 7.34. The highest BCUT2D eigenvalue weighted by Gasteiger charge is 2.48. The zero-order chi connectivity index (χ0) is 10.3. The summed E-state index contributed by atoms with van der Waals surface area (Å²) in [5, 5.41) is 0. The monoisotopic (exact) mass is 202 g/mol. The molecule has 1 aliphatic carbocycles. The van der Waals surface area contributed by atoms with Gasteiger partial charge >= 0.3 is 0 Å². The smallest absolute Gasteiger partial charge is 0.130 e. The third-order valence-electron chi connectivity index (χ3n) is 3.61. The highest BCUT2D eigenvalue weighted by atomic mass is 16.5. The van der Waals surface area contributed by atoms with Crippen LogP contribution in [0.5, 0.6) is 5.75 Å². The number of benzene rings is 1. The van der Waals surface area contributed by atoms with E-state index in [0.29, 0.717) is 12.5 Å². The number of hydrogen-bond donors (Lipinski definition) is 0. The van der Waals surface area contributed by atoms with Crippen molar-refractivity contribution in [1.29, 1.82) is 0 Å². The van der Waals surface area contributed by atoms with Crippen LogP contribution >= 0.6 is 0 Å². The summed E-state index contributed by atoms with van der Waals surface area (Å²) in [6.45, 7) is 0.568. The summed E-state index contributed by atoms with van der Waals surface area (Å²) in [6, 6.07) is 8.03. The van der Waals surface area contributed by atoms with Crippen LogP contribution in [-0.2, 0) is 11.2 Å². The quantitative estimate of drug-likeness (QED) is 0.687. The van der Waals surface area contributed by atoms with Crippen LogP contribution in [0.2, 0.25) is 0 Å². The van der Waals surface area contributed by atoms with Gasteiger partial charge in [0.25, 0.3) is 0 Å². The molecule has 1 aromatic rings. The van der Waals surface area contributed by atoms with Gasteiger partial charge in [0, 0.05) is 0 Å². The molecular weight excluding hydrogens is 188 g/mol. The van der Waals surface area contributed by atoms with E-state index in [1.165, 1.54) is 18.4 Å². The summed E-state index contributed by atoms with van der Waals surface area (Å²) in [4.78, 5) is 11.3. The van der Waals surface area contributed by atoms with Crippen LogP contribution in [-0.4, -0.2) is 12.9 Å². The summed E-state index contributed by atoms with van der Waals surface area (Å²) < 4.78 is 5.70. The summed E-state index contributed by atoms with van der Waals surface area (Å²) in [7, 11) is 0. The van der Waals surface area contributed by atoms with Crippen LogP contribution in [0.3, 0.4) is 0 Å². The molecule has 0 spiro atoms. The van der Waals surface area contributed by atoms with Crippen LogP contribution in [0.25, 0.3) is 0 Å². The fourth-order valence-electron chi connectivity index (χ4n) is 2.50. The Bertz CT molecular complexity index is 395. The first-order valence-electron chi connectivity index (χ1n) is 5.51. The first-order valence-corrected chi connectivity index (χ1v) is 5.51. The molecular formula is C13H14O2. The molecule has 1 heterocycles. The second-order valence-electron chi connectivity index (χ2n) is 4.70. The summed E-state index contributed by atoms with van der Waals surface area (Å²) >= 11 is 0. The molecule has 2 nitrogen and oxygen atoms in total.